The van der Waals surface area contributed by atoms with Gasteiger partial charge >= 0.3 is 0 Å². The van der Waals surface area contributed by atoms with E-state index in [4.69, 9.17) is 5.11 Å². The Labute approximate surface area is 104 Å². The normalized spacial score (nSPS) is 11.4. The predicted octanol–water partition coefficient (Wildman–Crippen LogP) is 0.406. The number of H-pyrrole nitrogens is 1. The lowest BCUT2D eigenvalue weighted by Crippen LogP contribution is -2.15. The number of aromatic amines is 1. The number of nitrogens with zero attached hydrogens (tertiary/aromatic N) is 2. The van der Waals surface area contributed by atoms with Crippen LogP contribution >= 0.6 is 0 Å². The molecule has 7 nitrogen and oxygen atoms in total. The van der Waals surface area contributed by atoms with Gasteiger partial charge < -0.3 is 5.11 Å². The first-order valence-electron chi connectivity index (χ1n) is 5.11. The van der Waals surface area contributed by atoms with Crippen LogP contribution in [-0.2, 0) is 16.6 Å². The highest BCUT2D eigenvalue weighted by atomic mass is 32.2. The van der Waals surface area contributed by atoms with E-state index in [1.165, 1.54) is 12.4 Å². The molecule has 0 amide bonds. The van der Waals surface area contributed by atoms with Gasteiger partial charge in [-0.2, -0.15) is 13.5 Å². The van der Waals surface area contributed by atoms with Gasteiger partial charge in [-0.15, -0.1) is 0 Å². The summed E-state index contributed by atoms with van der Waals surface area (Å²) in [6.07, 6.45) is 2.78. The first-order chi connectivity index (χ1) is 8.53. The zero-order valence-corrected chi connectivity index (χ0v) is 10.4. The van der Waals surface area contributed by atoms with Crippen molar-refractivity contribution in [2.45, 2.75) is 18.6 Å². The number of sulfonamides is 1. The van der Waals surface area contributed by atoms with Gasteiger partial charge in [-0.1, -0.05) is 0 Å². The Morgan fingerprint density at radius 2 is 2.28 bits per heavy atom. The molecule has 0 radical (unpaired) electrons. The highest BCUT2D eigenvalue weighted by Gasteiger charge is 2.20. The number of anilines is 1. The molecule has 2 heterocycles. The van der Waals surface area contributed by atoms with E-state index in [9.17, 15) is 8.42 Å². The summed E-state index contributed by atoms with van der Waals surface area (Å²) >= 11 is 0. The molecule has 0 spiro atoms. The molecule has 8 heteroatoms. The molecule has 0 aliphatic carbocycles. The number of aliphatic hydroxyl groups is 1. The largest absolute Gasteiger partial charge is 0.392 e. The Hall–Kier alpha value is -1.93. The van der Waals surface area contributed by atoms with Gasteiger partial charge in [0.2, 0.25) is 0 Å². The molecule has 96 valence electrons. The third-order valence-corrected chi connectivity index (χ3v) is 3.66. The number of nitrogens with one attached hydrogen (secondary N) is 2. The number of hydrogen-bond acceptors (Lipinski definition) is 5. The zero-order chi connectivity index (χ0) is 13.2. The van der Waals surface area contributed by atoms with Crippen molar-refractivity contribution in [3.63, 3.8) is 0 Å². The highest BCUT2D eigenvalue weighted by molar-refractivity contribution is 7.92. The standard InChI is InChI=1S/C10H12N4O3S/c1-7-4-9(2-3-11-7)14-18(16,17)10-8(6-15)5-12-13-10/h2-5,15H,6H2,1H3,(H,11,14)(H,12,13). The molecule has 2 rings (SSSR count). The van der Waals surface area contributed by atoms with E-state index in [2.05, 4.69) is 19.9 Å². The number of hydrogen-bond donors (Lipinski definition) is 3. The van der Waals surface area contributed by atoms with E-state index in [1.54, 1.807) is 19.1 Å². The Morgan fingerprint density at radius 1 is 1.50 bits per heavy atom. The number of aliphatic hydroxyl groups excluding tert-OH is 1. The van der Waals surface area contributed by atoms with Gasteiger partial charge in [0.05, 0.1) is 18.5 Å². The van der Waals surface area contributed by atoms with E-state index in [0.717, 1.165) is 0 Å². The van der Waals surface area contributed by atoms with E-state index < -0.39 is 16.6 Å². The van der Waals surface area contributed by atoms with Gasteiger partial charge in [-0.25, -0.2) is 0 Å². The number of aromatic nitrogens is 3. The van der Waals surface area contributed by atoms with Gasteiger partial charge in [0.15, 0.2) is 5.03 Å². The number of aryl methyl sites for hydroxylation is 1. The summed E-state index contributed by atoms with van der Waals surface area (Å²) in [5.41, 5.74) is 1.32. The van der Waals surface area contributed by atoms with Crippen molar-refractivity contribution in [2.75, 3.05) is 4.72 Å². The molecule has 0 atom stereocenters. The van der Waals surface area contributed by atoms with Gasteiger partial charge in [0, 0.05) is 17.5 Å². The predicted molar refractivity (Wildman–Crippen MR) is 64.3 cm³/mol. The summed E-state index contributed by atoms with van der Waals surface area (Å²) < 4.78 is 26.5. The second kappa shape index (κ2) is 4.75. The van der Waals surface area contributed by atoms with Crippen molar-refractivity contribution in [1.82, 2.24) is 15.2 Å². The van der Waals surface area contributed by atoms with Crippen LogP contribution in [0.2, 0.25) is 0 Å². The highest BCUT2D eigenvalue weighted by Crippen LogP contribution is 2.17. The summed E-state index contributed by atoms with van der Waals surface area (Å²) in [5, 5.41) is 14.8. The fraction of sp³-hybridized carbons (Fsp3) is 0.200. The maximum Gasteiger partial charge on any atom is 0.279 e. The molecule has 3 N–H and O–H groups in total. The monoisotopic (exact) mass is 268 g/mol. The minimum atomic E-state index is -3.79. The molecular weight excluding hydrogens is 256 g/mol. The summed E-state index contributed by atoms with van der Waals surface area (Å²) in [4.78, 5) is 3.97. The van der Waals surface area contributed by atoms with E-state index >= 15 is 0 Å². The maximum atomic E-state index is 12.0. The minimum Gasteiger partial charge on any atom is -0.392 e. The fourth-order valence-corrected chi connectivity index (χ4v) is 2.63. The molecule has 18 heavy (non-hydrogen) atoms. The molecule has 0 unspecified atom stereocenters. The SMILES string of the molecule is Cc1cc(NS(=O)(=O)c2[nH]ncc2CO)ccn1. The van der Waals surface area contributed by atoms with Crippen LogP contribution in [0.3, 0.4) is 0 Å². The number of rotatable bonds is 4. The van der Waals surface area contributed by atoms with Crippen LogP contribution in [0.1, 0.15) is 11.3 Å². The van der Waals surface area contributed by atoms with Crippen LogP contribution in [0.5, 0.6) is 0 Å². The lowest BCUT2D eigenvalue weighted by atomic mass is 10.3. The van der Waals surface area contributed by atoms with Gasteiger partial charge in [-0.3, -0.25) is 14.8 Å². The second-order valence-corrected chi connectivity index (χ2v) is 5.29. The van der Waals surface area contributed by atoms with Crippen molar-refractivity contribution in [2.24, 2.45) is 0 Å². The van der Waals surface area contributed by atoms with Crippen molar-refractivity contribution in [3.8, 4) is 0 Å². The Morgan fingerprint density at radius 3 is 2.94 bits per heavy atom. The van der Waals surface area contributed by atoms with Gasteiger partial charge in [0.25, 0.3) is 10.0 Å². The average Bonchev–Trinajstić information content (AvgIpc) is 2.77. The van der Waals surface area contributed by atoms with Crippen LogP contribution in [-0.4, -0.2) is 28.7 Å². The third kappa shape index (κ3) is 2.49. The molecule has 2 aromatic rings. The van der Waals surface area contributed by atoms with Crippen LogP contribution in [0.15, 0.2) is 29.6 Å². The van der Waals surface area contributed by atoms with E-state index in [1.807, 2.05) is 0 Å². The van der Waals surface area contributed by atoms with Crippen LogP contribution < -0.4 is 4.72 Å². The fourth-order valence-electron chi connectivity index (χ4n) is 1.46. The molecule has 0 aliphatic rings. The molecule has 2 aromatic heterocycles. The molecule has 0 aliphatic heterocycles. The Balaban J connectivity index is 2.33. The first kappa shape index (κ1) is 12.5. The van der Waals surface area contributed by atoms with Crippen molar-refractivity contribution in [3.05, 3.63) is 35.8 Å². The topological polar surface area (TPSA) is 108 Å². The van der Waals surface area contributed by atoms with Crippen LogP contribution in [0, 0.1) is 6.92 Å². The van der Waals surface area contributed by atoms with Gasteiger partial charge in [-0.05, 0) is 19.1 Å². The molecule has 0 aromatic carbocycles. The lowest BCUT2D eigenvalue weighted by Gasteiger charge is -2.07. The first-order valence-corrected chi connectivity index (χ1v) is 6.60. The second-order valence-electron chi connectivity index (χ2n) is 3.67. The average molecular weight is 268 g/mol. The van der Waals surface area contributed by atoms with Crippen molar-refractivity contribution < 1.29 is 13.5 Å². The summed E-state index contributed by atoms with van der Waals surface area (Å²) in [6.45, 7) is 1.36. The molecule has 0 bridgehead atoms. The third-order valence-electron chi connectivity index (χ3n) is 2.27. The summed E-state index contributed by atoms with van der Waals surface area (Å²) in [7, 11) is -3.79. The Bertz CT molecular complexity index is 651. The van der Waals surface area contributed by atoms with E-state index in [-0.39, 0.29) is 10.6 Å². The molecular formula is C10H12N4O3S. The van der Waals surface area contributed by atoms with Gasteiger partial charge in [0.1, 0.15) is 0 Å². The maximum absolute atomic E-state index is 12.0. The Kier molecular flexibility index (Phi) is 3.30. The molecule has 0 saturated carbocycles. The quantitative estimate of drug-likeness (QED) is 0.744. The van der Waals surface area contributed by atoms with Crippen molar-refractivity contribution >= 4 is 15.7 Å². The number of pyridine rings is 1. The molecule has 0 saturated heterocycles. The zero-order valence-electron chi connectivity index (χ0n) is 9.58. The van der Waals surface area contributed by atoms with E-state index in [0.29, 0.717) is 11.4 Å². The van der Waals surface area contributed by atoms with Crippen molar-refractivity contribution in [1.29, 1.82) is 0 Å². The molecule has 0 fully saturated rings. The summed E-state index contributed by atoms with van der Waals surface area (Å²) in [5.74, 6) is 0. The van der Waals surface area contributed by atoms with Crippen LogP contribution in [0.4, 0.5) is 5.69 Å². The lowest BCUT2D eigenvalue weighted by molar-refractivity contribution is 0.278. The summed E-state index contributed by atoms with van der Waals surface area (Å²) in [6, 6.07) is 3.14. The minimum absolute atomic E-state index is 0.139. The smallest absolute Gasteiger partial charge is 0.279 e. The van der Waals surface area contributed by atoms with Crippen LogP contribution in [0.25, 0.3) is 0 Å².